The summed E-state index contributed by atoms with van der Waals surface area (Å²) in [5.41, 5.74) is 5.10. The van der Waals surface area contributed by atoms with Gasteiger partial charge in [0.1, 0.15) is 12.6 Å². The van der Waals surface area contributed by atoms with E-state index in [4.69, 9.17) is 10.8 Å². The van der Waals surface area contributed by atoms with Crippen LogP contribution in [-0.4, -0.2) is 72.6 Å². The number of nitrogens with two attached hydrogens (primary N) is 1. The molecule has 0 spiro atoms. The van der Waals surface area contributed by atoms with Crippen LogP contribution >= 0.6 is 0 Å². The van der Waals surface area contributed by atoms with Crippen LogP contribution < -0.4 is 11.1 Å². The average Bonchev–Trinajstić information content (AvgIpc) is 2.38. The van der Waals surface area contributed by atoms with Gasteiger partial charge in [0.05, 0.1) is 0 Å². The fourth-order valence-electron chi connectivity index (χ4n) is 1.78. The van der Waals surface area contributed by atoms with Gasteiger partial charge in [0.2, 0.25) is 5.91 Å². The van der Waals surface area contributed by atoms with Gasteiger partial charge in [0.25, 0.3) is 0 Å². The molecule has 0 saturated heterocycles. The summed E-state index contributed by atoms with van der Waals surface area (Å²) in [5, 5.41) is 11.4. The second-order valence-corrected chi connectivity index (χ2v) is 5.33. The molecule has 2 atom stereocenters. The highest BCUT2D eigenvalue weighted by atomic mass is 16.4. The van der Waals surface area contributed by atoms with Crippen LogP contribution in [0.1, 0.15) is 20.3 Å². The van der Waals surface area contributed by atoms with E-state index in [9.17, 15) is 14.4 Å². The summed E-state index contributed by atoms with van der Waals surface area (Å²) < 4.78 is 0. The quantitative estimate of drug-likeness (QED) is 0.533. The lowest BCUT2D eigenvalue weighted by Gasteiger charge is -2.30. The van der Waals surface area contributed by atoms with E-state index in [-0.39, 0.29) is 12.5 Å². The third-order valence-electron chi connectivity index (χ3n) is 3.23. The molecule has 2 unspecified atom stereocenters. The first-order valence-electron chi connectivity index (χ1n) is 6.90. The second-order valence-electron chi connectivity index (χ2n) is 5.33. The lowest BCUT2D eigenvalue weighted by atomic mass is 9.98. The number of carbonyl (C=O) groups is 3. The molecule has 0 aliphatic carbocycles. The van der Waals surface area contributed by atoms with Crippen molar-refractivity contribution in [1.29, 1.82) is 0 Å². The van der Waals surface area contributed by atoms with E-state index in [1.807, 2.05) is 32.8 Å². The lowest BCUT2D eigenvalue weighted by Crippen LogP contribution is -2.54. The van der Waals surface area contributed by atoms with Gasteiger partial charge in [0, 0.05) is 13.1 Å². The lowest BCUT2D eigenvalue weighted by molar-refractivity contribution is -0.145. The van der Waals surface area contributed by atoms with Gasteiger partial charge >= 0.3 is 12.0 Å². The minimum atomic E-state index is -1.09. The summed E-state index contributed by atoms with van der Waals surface area (Å²) in [6.45, 7) is 4.09. The highest BCUT2D eigenvalue weighted by Gasteiger charge is 2.30. The largest absolute Gasteiger partial charge is 0.480 e. The van der Waals surface area contributed by atoms with Crippen LogP contribution in [0.5, 0.6) is 0 Å². The molecule has 0 fully saturated rings. The Bertz CT molecular complexity index is 373. The molecule has 0 aromatic rings. The third kappa shape index (κ3) is 7.50. The number of primary amides is 1. The smallest absolute Gasteiger partial charge is 0.323 e. The number of nitrogens with zero attached hydrogens (tertiary/aromatic N) is 2. The number of carboxylic acids is 1. The maximum Gasteiger partial charge on any atom is 0.323 e. The number of likely N-dealkylation sites (N-methyl/N-ethyl adjacent to an activating group) is 1. The minimum Gasteiger partial charge on any atom is -0.480 e. The van der Waals surface area contributed by atoms with Crippen molar-refractivity contribution in [3.8, 4) is 0 Å². The molecule has 8 heteroatoms. The zero-order chi connectivity index (χ0) is 16.6. The summed E-state index contributed by atoms with van der Waals surface area (Å²) >= 11 is 0. The molecular formula is C13H26N4O4. The zero-order valence-corrected chi connectivity index (χ0v) is 13.1. The van der Waals surface area contributed by atoms with E-state index in [1.165, 1.54) is 4.90 Å². The molecule has 8 nitrogen and oxygen atoms in total. The summed E-state index contributed by atoms with van der Waals surface area (Å²) in [5.74, 6) is -1.66. The fourth-order valence-corrected chi connectivity index (χ4v) is 1.78. The Morgan fingerprint density at radius 1 is 1.24 bits per heavy atom. The van der Waals surface area contributed by atoms with Crippen LogP contribution in [0.4, 0.5) is 4.79 Å². The molecule has 0 heterocycles. The number of amides is 3. The fraction of sp³-hybridized carbons (Fsp3) is 0.769. The maximum absolute atomic E-state index is 12.5. The Balaban J connectivity index is 5.06. The van der Waals surface area contributed by atoms with E-state index >= 15 is 0 Å². The number of carbonyl (C=O) groups excluding carboxylic acids is 2. The molecule has 21 heavy (non-hydrogen) atoms. The molecule has 0 radical (unpaired) electrons. The monoisotopic (exact) mass is 302 g/mol. The van der Waals surface area contributed by atoms with E-state index < -0.39 is 30.5 Å². The molecule has 0 bridgehead atoms. The Kier molecular flexibility index (Phi) is 8.37. The zero-order valence-electron chi connectivity index (χ0n) is 13.1. The first-order valence-corrected chi connectivity index (χ1v) is 6.90. The Labute approximate surface area is 125 Å². The number of aliphatic carboxylic acids is 1. The maximum atomic E-state index is 12.5. The minimum absolute atomic E-state index is 0.138. The topological polar surface area (TPSA) is 116 Å². The molecule has 3 amide bonds. The van der Waals surface area contributed by atoms with Gasteiger partial charge in [-0.25, -0.2) is 4.79 Å². The Morgan fingerprint density at radius 2 is 1.81 bits per heavy atom. The summed E-state index contributed by atoms with van der Waals surface area (Å²) in [6, 6.07) is -1.61. The molecule has 0 rings (SSSR count). The normalized spacial score (nSPS) is 13.6. The highest BCUT2D eigenvalue weighted by Crippen LogP contribution is 2.11. The van der Waals surface area contributed by atoms with E-state index in [1.54, 1.807) is 0 Å². The van der Waals surface area contributed by atoms with Crippen LogP contribution in [0.3, 0.4) is 0 Å². The second kappa shape index (κ2) is 9.17. The van der Waals surface area contributed by atoms with Gasteiger partial charge in [0.15, 0.2) is 0 Å². The van der Waals surface area contributed by atoms with Crippen molar-refractivity contribution in [3.05, 3.63) is 0 Å². The molecule has 0 aliphatic heterocycles. The van der Waals surface area contributed by atoms with Crippen molar-refractivity contribution in [2.24, 2.45) is 11.7 Å². The SMILES string of the molecule is CCC(C)C(NC(N)=O)C(=O)N(CCN(C)C)CC(=O)O. The number of hydrogen-bond donors (Lipinski definition) is 3. The van der Waals surface area contributed by atoms with Crippen molar-refractivity contribution in [3.63, 3.8) is 0 Å². The molecule has 0 aromatic carbocycles. The van der Waals surface area contributed by atoms with Gasteiger partial charge in [-0.3, -0.25) is 9.59 Å². The summed E-state index contributed by atoms with van der Waals surface area (Å²) in [6.07, 6.45) is 0.658. The van der Waals surface area contributed by atoms with Crippen LogP contribution in [0, 0.1) is 5.92 Å². The highest BCUT2D eigenvalue weighted by molar-refractivity contribution is 5.89. The first kappa shape index (κ1) is 19.2. The molecule has 0 saturated carbocycles. The van der Waals surface area contributed by atoms with Gasteiger partial charge < -0.3 is 26.0 Å². The molecule has 4 N–H and O–H groups in total. The Hall–Kier alpha value is -1.83. The summed E-state index contributed by atoms with van der Waals surface area (Å²) in [4.78, 5) is 37.6. The predicted octanol–water partition coefficient (Wildman–Crippen LogP) is -0.456. The first-order chi connectivity index (χ1) is 9.68. The van der Waals surface area contributed by atoms with Crippen molar-refractivity contribution in [2.45, 2.75) is 26.3 Å². The van der Waals surface area contributed by atoms with Crippen LogP contribution in [0.15, 0.2) is 0 Å². The molecule has 122 valence electrons. The summed E-state index contributed by atoms with van der Waals surface area (Å²) in [7, 11) is 3.66. The van der Waals surface area contributed by atoms with E-state index in [0.717, 1.165) is 0 Å². The molecule has 0 aliphatic rings. The van der Waals surface area contributed by atoms with E-state index in [2.05, 4.69) is 5.32 Å². The van der Waals surface area contributed by atoms with Gasteiger partial charge in [-0.2, -0.15) is 0 Å². The van der Waals surface area contributed by atoms with Crippen LogP contribution in [0.25, 0.3) is 0 Å². The van der Waals surface area contributed by atoms with Crippen molar-refractivity contribution in [2.75, 3.05) is 33.7 Å². The van der Waals surface area contributed by atoms with Gasteiger partial charge in [-0.15, -0.1) is 0 Å². The average molecular weight is 302 g/mol. The van der Waals surface area contributed by atoms with Crippen LogP contribution in [0.2, 0.25) is 0 Å². The van der Waals surface area contributed by atoms with Crippen molar-refractivity contribution in [1.82, 2.24) is 15.1 Å². The van der Waals surface area contributed by atoms with Crippen molar-refractivity contribution >= 4 is 17.9 Å². The van der Waals surface area contributed by atoms with Crippen LogP contribution in [-0.2, 0) is 9.59 Å². The van der Waals surface area contributed by atoms with Gasteiger partial charge in [-0.1, -0.05) is 20.3 Å². The Morgan fingerprint density at radius 3 is 2.19 bits per heavy atom. The number of rotatable bonds is 9. The predicted molar refractivity (Wildman–Crippen MR) is 78.7 cm³/mol. The number of carboxylic acid groups (broad SMARTS) is 1. The third-order valence-corrected chi connectivity index (χ3v) is 3.23. The van der Waals surface area contributed by atoms with E-state index in [0.29, 0.717) is 13.0 Å². The van der Waals surface area contributed by atoms with Crippen molar-refractivity contribution < 1.29 is 19.5 Å². The number of nitrogens with one attached hydrogen (secondary N) is 1. The number of urea groups is 1. The molecular weight excluding hydrogens is 276 g/mol. The standard InChI is InChI=1S/C13H26N4O4/c1-5-9(2)11(15-13(14)21)12(20)17(8-10(18)19)7-6-16(3)4/h9,11H,5-8H2,1-4H3,(H,18,19)(H3,14,15,21). The number of hydrogen-bond acceptors (Lipinski definition) is 4. The van der Waals surface area contributed by atoms with Gasteiger partial charge in [-0.05, 0) is 20.0 Å². The molecule has 0 aromatic heterocycles.